The van der Waals surface area contributed by atoms with Crippen molar-refractivity contribution in [1.82, 2.24) is 0 Å². The Hall–Kier alpha value is -1.77. The van der Waals surface area contributed by atoms with Crippen LogP contribution in [-0.4, -0.2) is 17.2 Å². The predicted octanol–water partition coefficient (Wildman–Crippen LogP) is 8.96. The van der Waals surface area contributed by atoms with Gasteiger partial charge in [-0.15, -0.1) is 0 Å². The highest BCUT2D eigenvalue weighted by molar-refractivity contribution is 5.92. The number of ether oxygens (including phenoxy) is 1. The largest absolute Gasteiger partial charge is 0.507 e. The van der Waals surface area contributed by atoms with Crippen LogP contribution in [0.4, 0.5) is 0 Å². The lowest BCUT2D eigenvalue weighted by atomic mass is 9.47. The van der Waals surface area contributed by atoms with Gasteiger partial charge in [-0.1, -0.05) is 77.7 Å². The number of aromatic hydroxyl groups is 1. The molecule has 0 bridgehead atoms. The number of phenolic OH excluding ortho intramolecular Hbond substituents is 1. The van der Waals surface area contributed by atoms with Gasteiger partial charge in [-0.3, -0.25) is 0 Å². The molecule has 1 unspecified atom stereocenters. The molecule has 1 aromatic rings. The number of fused-ring (bicyclic) bond motifs is 5. The van der Waals surface area contributed by atoms with E-state index in [9.17, 15) is 9.90 Å². The SMILES string of the molecule is CC(C)CCC[C@@H](C)[C@H]1CC[C@H]2[C@@H]3CC=C4CC(OC(=O)c5ccccc5O)CC[C@]4(C)[C@H]3CC[C@]12C. The first-order chi connectivity index (χ1) is 17.6. The van der Waals surface area contributed by atoms with Crippen LogP contribution in [0.3, 0.4) is 0 Å². The van der Waals surface area contributed by atoms with E-state index in [1.165, 1.54) is 56.9 Å². The third-order valence-electron chi connectivity index (χ3n) is 11.7. The monoisotopic (exact) mass is 506 g/mol. The molecule has 3 fully saturated rings. The minimum absolute atomic E-state index is 0.00207. The molecule has 1 aromatic carbocycles. The van der Waals surface area contributed by atoms with Crippen LogP contribution in [0.25, 0.3) is 0 Å². The predicted molar refractivity (Wildman–Crippen MR) is 150 cm³/mol. The van der Waals surface area contributed by atoms with E-state index in [4.69, 9.17) is 4.74 Å². The topological polar surface area (TPSA) is 46.5 Å². The fourth-order valence-electron chi connectivity index (χ4n) is 9.61. The maximum atomic E-state index is 12.7. The quantitative estimate of drug-likeness (QED) is 0.296. The molecule has 37 heavy (non-hydrogen) atoms. The van der Waals surface area contributed by atoms with Crippen molar-refractivity contribution in [2.24, 2.45) is 46.3 Å². The Labute approximate surface area is 225 Å². The fourth-order valence-corrected chi connectivity index (χ4v) is 9.61. The summed E-state index contributed by atoms with van der Waals surface area (Å²) in [5.41, 5.74) is 2.58. The Morgan fingerprint density at radius 1 is 1.03 bits per heavy atom. The van der Waals surface area contributed by atoms with E-state index in [2.05, 4.69) is 40.7 Å². The van der Waals surface area contributed by atoms with Crippen LogP contribution in [0.1, 0.15) is 116 Å². The van der Waals surface area contributed by atoms with Crippen LogP contribution >= 0.6 is 0 Å². The summed E-state index contributed by atoms with van der Waals surface area (Å²) in [5, 5.41) is 10.1. The van der Waals surface area contributed by atoms with Gasteiger partial charge in [0.2, 0.25) is 0 Å². The van der Waals surface area contributed by atoms with E-state index in [0.717, 1.165) is 54.8 Å². The molecule has 0 aliphatic heterocycles. The van der Waals surface area contributed by atoms with Gasteiger partial charge in [0.1, 0.15) is 17.4 Å². The number of hydrogen-bond acceptors (Lipinski definition) is 3. The van der Waals surface area contributed by atoms with Gasteiger partial charge in [-0.2, -0.15) is 0 Å². The number of allylic oxidation sites excluding steroid dienone is 1. The second kappa shape index (κ2) is 10.4. The minimum Gasteiger partial charge on any atom is -0.507 e. The van der Waals surface area contributed by atoms with Gasteiger partial charge in [0.25, 0.3) is 0 Å². The molecule has 4 aliphatic carbocycles. The zero-order chi connectivity index (χ0) is 26.4. The fraction of sp³-hybridized carbons (Fsp3) is 0.735. The van der Waals surface area contributed by atoms with Crippen LogP contribution in [-0.2, 0) is 4.74 Å². The molecule has 0 radical (unpaired) electrons. The van der Waals surface area contributed by atoms with E-state index in [1.807, 2.05) is 0 Å². The third kappa shape index (κ3) is 4.89. The highest BCUT2D eigenvalue weighted by Gasteiger charge is 2.59. The first-order valence-corrected chi connectivity index (χ1v) is 15.3. The number of phenols is 1. The van der Waals surface area contributed by atoms with Crippen molar-refractivity contribution in [3.8, 4) is 5.75 Å². The average molecular weight is 507 g/mol. The van der Waals surface area contributed by atoms with Gasteiger partial charge in [0.15, 0.2) is 0 Å². The standard InChI is InChI=1S/C34H50O3/c1-22(2)9-8-10-23(3)28-15-16-29-26-14-13-24-21-25(37-32(36)27-11-6-7-12-31(27)35)17-19-33(24,4)30(26)18-20-34(28,29)5/h6-7,11-13,22-23,25-26,28-30,35H,8-10,14-21H2,1-5H3/t23-,25?,26+,28-,29+,30+,33+,34-/m1/s1. The van der Waals surface area contributed by atoms with E-state index in [1.54, 1.807) is 24.3 Å². The number of carbonyl (C=O) groups excluding carboxylic acids is 1. The molecule has 0 spiro atoms. The molecule has 204 valence electrons. The maximum absolute atomic E-state index is 12.7. The minimum atomic E-state index is -0.395. The second-order valence-corrected chi connectivity index (χ2v) is 14.1. The molecule has 3 nitrogen and oxygen atoms in total. The van der Waals surface area contributed by atoms with E-state index >= 15 is 0 Å². The van der Waals surface area contributed by atoms with Gasteiger partial charge >= 0.3 is 5.97 Å². The van der Waals surface area contributed by atoms with Gasteiger partial charge in [-0.25, -0.2) is 4.79 Å². The molecular weight excluding hydrogens is 456 g/mol. The highest BCUT2D eigenvalue weighted by atomic mass is 16.5. The normalized spacial score (nSPS) is 37.8. The first kappa shape index (κ1) is 26.8. The molecule has 0 amide bonds. The summed E-state index contributed by atoms with van der Waals surface area (Å²) in [6, 6.07) is 6.70. The Bertz CT molecular complexity index is 1010. The molecule has 0 heterocycles. The number of benzene rings is 1. The van der Waals surface area contributed by atoms with Crippen LogP contribution in [0, 0.1) is 46.3 Å². The lowest BCUT2D eigenvalue weighted by Crippen LogP contribution is -2.51. The number of para-hydroxylation sites is 1. The van der Waals surface area contributed by atoms with E-state index in [-0.39, 0.29) is 22.8 Å². The van der Waals surface area contributed by atoms with Crippen molar-refractivity contribution in [3.63, 3.8) is 0 Å². The first-order valence-electron chi connectivity index (χ1n) is 15.3. The van der Waals surface area contributed by atoms with Crippen molar-refractivity contribution in [1.29, 1.82) is 0 Å². The number of esters is 1. The molecule has 0 aromatic heterocycles. The van der Waals surface area contributed by atoms with Crippen molar-refractivity contribution >= 4 is 5.97 Å². The molecule has 1 N–H and O–H groups in total. The second-order valence-electron chi connectivity index (χ2n) is 14.1. The molecule has 8 atom stereocenters. The smallest absolute Gasteiger partial charge is 0.342 e. The number of hydrogen-bond donors (Lipinski definition) is 1. The molecule has 3 saturated carbocycles. The Balaban J connectivity index is 1.26. The Kier molecular flexibility index (Phi) is 7.55. The summed E-state index contributed by atoms with van der Waals surface area (Å²) in [7, 11) is 0. The summed E-state index contributed by atoms with van der Waals surface area (Å²) in [6.07, 6.45) is 16.4. The zero-order valence-corrected chi connectivity index (χ0v) is 24.0. The number of rotatable bonds is 7. The molecular formula is C34H50O3. The summed E-state index contributed by atoms with van der Waals surface area (Å²) in [6.45, 7) is 12.5. The molecule has 5 rings (SSSR count). The van der Waals surface area contributed by atoms with Crippen molar-refractivity contribution in [2.45, 2.75) is 111 Å². The number of carbonyl (C=O) groups is 1. The van der Waals surface area contributed by atoms with Crippen LogP contribution < -0.4 is 0 Å². The summed E-state index contributed by atoms with van der Waals surface area (Å²) in [4.78, 5) is 12.7. The van der Waals surface area contributed by atoms with Gasteiger partial charge in [0, 0.05) is 6.42 Å². The summed E-state index contributed by atoms with van der Waals surface area (Å²) in [5.74, 6) is 4.64. The van der Waals surface area contributed by atoms with Crippen LogP contribution in [0.5, 0.6) is 5.75 Å². The third-order valence-corrected chi connectivity index (χ3v) is 11.7. The van der Waals surface area contributed by atoms with E-state index in [0.29, 0.717) is 5.41 Å². The average Bonchev–Trinajstić information content (AvgIpc) is 3.21. The van der Waals surface area contributed by atoms with E-state index < -0.39 is 5.97 Å². The molecule has 4 aliphatic rings. The maximum Gasteiger partial charge on any atom is 0.342 e. The molecule has 3 heteroatoms. The summed E-state index contributed by atoms with van der Waals surface area (Å²) >= 11 is 0. The lowest BCUT2D eigenvalue weighted by molar-refractivity contribution is -0.0594. The Morgan fingerprint density at radius 2 is 1.81 bits per heavy atom. The van der Waals surface area contributed by atoms with Gasteiger partial charge in [-0.05, 0) is 103 Å². The zero-order valence-electron chi connectivity index (χ0n) is 24.0. The van der Waals surface area contributed by atoms with Crippen molar-refractivity contribution in [2.75, 3.05) is 0 Å². The van der Waals surface area contributed by atoms with Crippen LogP contribution in [0.2, 0.25) is 0 Å². The Morgan fingerprint density at radius 3 is 2.57 bits per heavy atom. The van der Waals surface area contributed by atoms with Crippen molar-refractivity contribution in [3.05, 3.63) is 41.5 Å². The summed E-state index contributed by atoms with van der Waals surface area (Å²) < 4.78 is 5.92. The highest BCUT2D eigenvalue weighted by Crippen LogP contribution is 2.67. The van der Waals surface area contributed by atoms with Gasteiger partial charge in [0.05, 0.1) is 0 Å². The molecule has 0 saturated heterocycles. The van der Waals surface area contributed by atoms with Crippen molar-refractivity contribution < 1.29 is 14.6 Å². The van der Waals surface area contributed by atoms with Gasteiger partial charge < -0.3 is 9.84 Å². The van der Waals surface area contributed by atoms with Crippen LogP contribution in [0.15, 0.2) is 35.9 Å². The lowest BCUT2D eigenvalue weighted by Gasteiger charge is -2.58.